The monoisotopic (exact) mass is 709 g/mol. The highest BCUT2D eigenvalue weighted by atomic mass is 35.5. The van der Waals surface area contributed by atoms with Crippen LogP contribution in [0.5, 0.6) is 11.8 Å². The first kappa shape index (κ1) is 32.5. The van der Waals surface area contributed by atoms with Gasteiger partial charge in [-0.15, -0.1) is 0 Å². The van der Waals surface area contributed by atoms with Gasteiger partial charge < -0.3 is 25.0 Å². The van der Waals surface area contributed by atoms with E-state index in [9.17, 15) is 13.9 Å². The molecule has 12 heteroatoms. The van der Waals surface area contributed by atoms with E-state index in [4.69, 9.17) is 21.3 Å². The molecule has 5 aliphatic rings. The second-order valence-corrected chi connectivity index (χ2v) is 16.0. The molecule has 3 aliphatic heterocycles. The summed E-state index contributed by atoms with van der Waals surface area (Å²) in [5.74, 6) is -3.25. The quantitative estimate of drug-likeness (QED) is 0.181. The number of likely N-dealkylation sites (tertiary alicyclic amines) is 1. The minimum absolute atomic E-state index is 0.0194. The van der Waals surface area contributed by atoms with Gasteiger partial charge >= 0.3 is 6.01 Å². The summed E-state index contributed by atoms with van der Waals surface area (Å²) in [6.07, 6.45) is 5.57. The molecule has 0 radical (unpaired) electrons. The van der Waals surface area contributed by atoms with E-state index in [2.05, 4.69) is 20.1 Å². The number of nitrogens with one attached hydrogen (secondary N) is 1. The highest BCUT2D eigenvalue weighted by molar-refractivity contribution is 6.35. The summed E-state index contributed by atoms with van der Waals surface area (Å²) in [5, 5.41) is 15.9. The SMILES string of the molecule is CCc1c(F)ccc2cc(O)cc(-c3c(Cl)cc4c(N5CC6CCC(C5)N6)nc(OCC5(CN6CCCC7(C6)CC7(F)F)CC5)nc4c3F)c12. The van der Waals surface area contributed by atoms with Crippen molar-refractivity contribution in [2.45, 2.75) is 76.3 Å². The maximum absolute atomic E-state index is 17.1. The zero-order valence-electron chi connectivity index (χ0n) is 28.0. The first-order valence-corrected chi connectivity index (χ1v) is 18.2. The molecule has 4 aromatic rings. The van der Waals surface area contributed by atoms with Crippen molar-refractivity contribution in [2.75, 3.05) is 44.2 Å². The van der Waals surface area contributed by atoms with Crippen LogP contribution >= 0.6 is 11.6 Å². The summed E-state index contributed by atoms with van der Waals surface area (Å²) in [7, 11) is 0. The van der Waals surface area contributed by atoms with Gasteiger partial charge in [0.05, 0.1) is 17.0 Å². The Balaban J connectivity index is 1.11. The average molecular weight is 710 g/mol. The molecule has 264 valence electrons. The fourth-order valence-corrected chi connectivity index (χ4v) is 9.42. The van der Waals surface area contributed by atoms with Crippen molar-refractivity contribution in [2.24, 2.45) is 10.8 Å². The predicted molar refractivity (Wildman–Crippen MR) is 185 cm³/mol. The lowest BCUT2D eigenvalue weighted by Gasteiger charge is -2.35. The van der Waals surface area contributed by atoms with E-state index in [1.807, 2.05) is 6.92 Å². The van der Waals surface area contributed by atoms with Crippen LogP contribution in [-0.2, 0) is 6.42 Å². The Morgan fingerprint density at radius 3 is 2.52 bits per heavy atom. The van der Waals surface area contributed by atoms with Crippen molar-refractivity contribution < 1.29 is 27.4 Å². The zero-order valence-corrected chi connectivity index (χ0v) is 28.7. The van der Waals surface area contributed by atoms with Gasteiger partial charge in [-0.1, -0.05) is 24.6 Å². The second-order valence-electron chi connectivity index (χ2n) is 15.6. The number of aryl methyl sites for hydroxylation is 1. The lowest BCUT2D eigenvalue weighted by Crippen LogP contribution is -2.51. The fourth-order valence-electron chi connectivity index (χ4n) is 9.13. The summed E-state index contributed by atoms with van der Waals surface area (Å²) in [4.78, 5) is 13.8. The van der Waals surface area contributed by atoms with Crippen molar-refractivity contribution >= 4 is 39.1 Å². The molecule has 2 bridgehead atoms. The van der Waals surface area contributed by atoms with Crippen LogP contribution < -0.4 is 15.0 Å². The van der Waals surface area contributed by atoms with Crippen molar-refractivity contribution in [3.05, 3.63) is 52.6 Å². The summed E-state index contributed by atoms with van der Waals surface area (Å²) in [6, 6.07) is 8.15. The van der Waals surface area contributed by atoms with Gasteiger partial charge in [-0.25, -0.2) is 17.6 Å². The molecule has 4 heterocycles. The molecule has 3 unspecified atom stereocenters. The number of phenolic OH excluding ortho intramolecular Hbond substituents is 1. The number of phenols is 1. The van der Waals surface area contributed by atoms with E-state index in [0.717, 1.165) is 38.6 Å². The predicted octanol–water partition coefficient (Wildman–Crippen LogP) is 7.87. The van der Waals surface area contributed by atoms with Crippen LogP contribution in [0.25, 0.3) is 32.8 Å². The number of piperazine rings is 1. The largest absolute Gasteiger partial charge is 0.508 e. The van der Waals surface area contributed by atoms with E-state index in [1.165, 1.54) is 18.2 Å². The van der Waals surface area contributed by atoms with Gasteiger partial charge in [0.2, 0.25) is 0 Å². The molecular weight excluding hydrogens is 670 g/mol. The van der Waals surface area contributed by atoms with Crippen LogP contribution in [0.3, 0.4) is 0 Å². The van der Waals surface area contributed by atoms with Crippen LogP contribution in [0, 0.1) is 22.5 Å². The Hall–Kier alpha value is -3.41. The van der Waals surface area contributed by atoms with E-state index in [-0.39, 0.29) is 57.3 Å². The third-order valence-electron chi connectivity index (χ3n) is 12.0. The van der Waals surface area contributed by atoms with E-state index < -0.39 is 23.0 Å². The Bertz CT molecular complexity index is 2030. The smallest absolute Gasteiger partial charge is 0.319 e. The van der Waals surface area contributed by atoms with Gasteiger partial charge in [-0.3, -0.25) is 0 Å². The number of nitrogens with zero attached hydrogens (tertiary/aromatic N) is 4. The van der Waals surface area contributed by atoms with Gasteiger partial charge in [0.25, 0.3) is 5.92 Å². The van der Waals surface area contributed by atoms with Crippen LogP contribution in [0.15, 0.2) is 30.3 Å². The van der Waals surface area contributed by atoms with Gasteiger partial charge in [-0.2, -0.15) is 9.97 Å². The van der Waals surface area contributed by atoms with E-state index >= 15 is 8.78 Å². The van der Waals surface area contributed by atoms with Crippen molar-refractivity contribution in [3.8, 4) is 22.9 Å². The molecule has 1 spiro atoms. The van der Waals surface area contributed by atoms with Crippen LogP contribution in [-0.4, -0.2) is 77.3 Å². The number of ether oxygens (including phenoxy) is 1. The number of aromatic hydroxyl groups is 1. The summed E-state index contributed by atoms with van der Waals surface area (Å²) < 4.78 is 67.0. The standard InChI is InChI=1S/C38H40ClF4N5O2/c1-2-25-29(40)7-4-21-12-24(49)13-26(30(21)25)31-28(39)14-27-33(32(31)41)45-35(46-34(27)48-15-22-5-6-23(16-48)44-22)50-20-36(9-10-36)18-47-11-3-8-37(19-47)17-38(37,42)43/h4,7,12-14,22-23,44,49H,2-3,5-6,8-11,15-20H2,1H3. The van der Waals surface area contributed by atoms with Crippen LogP contribution in [0.2, 0.25) is 5.02 Å². The molecule has 9 rings (SSSR count). The lowest BCUT2D eigenvalue weighted by molar-refractivity contribution is 0.0167. The Labute approximate surface area is 293 Å². The molecular formula is C38H40ClF4N5O2. The van der Waals surface area contributed by atoms with Crippen LogP contribution in [0.1, 0.15) is 57.4 Å². The highest BCUT2D eigenvalue weighted by Crippen LogP contribution is 2.65. The fraction of sp³-hybridized carbons (Fsp3) is 0.526. The van der Waals surface area contributed by atoms with E-state index in [1.54, 1.807) is 12.1 Å². The third kappa shape index (κ3) is 5.37. The van der Waals surface area contributed by atoms with E-state index in [0.29, 0.717) is 73.2 Å². The minimum Gasteiger partial charge on any atom is -0.508 e. The van der Waals surface area contributed by atoms with Crippen molar-refractivity contribution in [1.82, 2.24) is 20.2 Å². The number of benzene rings is 3. The molecule has 0 amide bonds. The maximum atomic E-state index is 17.1. The third-order valence-corrected chi connectivity index (χ3v) is 12.3. The molecule has 5 fully saturated rings. The van der Waals surface area contributed by atoms with Crippen molar-refractivity contribution in [3.63, 3.8) is 0 Å². The molecule has 2 aliphatic carbocycles. The van der Waals surface area contributed by atoms with Crippen molar-refractivity contribution in [1.29, 1.82) is 0 Å². The van der Waals surface area contributed by atoms with Gasteiger partial charge in [0.1, 0.15) is 22.9 Å². The maximum Gasteiger partial charge on any atom is 0.319 e. The molecule has 1 aromatic heterocycles. The molecule has 3 atom stereocenters. The Kier molecular flexibility index (Phi) is 7.51. The number of alkyl halides is 2. The normalized spacial score (nSPS) is 26.6. The van der Waals surface area contributed by atoms with Gasteiger partial charge in [0.15, 0.2) is 5.82 Å². The number of hydrogen-bond acceptors (Lipinski definition) is 7. The summed E-state index contributed by atoms with van der Waals surface area (Å²) in [5.41, 5.74) is -0.342. The first-order valence-electron chi connectivity index (χ1n) is 17.9. The number of halogens is 5. The Morgan fingerprint density at radius 2 is 1.82 bits per heavy atom. The molecule has 2 N–H and O–H groups in total. The first-order chi connectivity index (χ1) is 24.0. The van der Waals surface area contributed by atoms with Gasteiger partial charge in [-0.05, 0) is 97.7 Å². The van der Waals surface area contributed by atoms with Crippen LogP contribution in [0.4, 0.5) is 23.4 Å². The molecule has 7 nitrogen and oxygen atoms in total. The number of aromatic nitrogens is 2. The number of piperidine rings is 1. The number of hydrogen-bond donors (Lipinski definition) is 2. The number of rotatable bonds is 8. The summed E-state index contributed by atoms with van der Waals surface area (Å²) in [6.45, 7) is 5.36. The summed E-state index contributed by atoms with van der Waals surface area (Å²) >= 11 is 6.93. The molecule has 3 saturated heterocycles. The zero-order chi connectivity index (χ0) is 34.6. The molecule has 50 heavy (non-hydrogen) atoms. The van der Waals surface area contributed by atoms with Gasteiger partial charge in [0, 0.05) is 61.0 Å². The second kappa shape index (κ2) is 11.5. The molecule has 3 aromatic carbocycles. The number of anilines is 1. The average Bonchev–Trinajstić information content (AvgIpc) is 3.91. The molecule has 2 saturated carbocycles. The lowest BCUT2D eigenvalue weighted by atomic mass is 9.92. The topological polar surface area (TPSA) is 73.8 Å². The minimum atomic E-state index is -2.57. The number of fused-ring (bicyclic) bond motifs is 4. The Morgan fingerprint density at radius 1 is 1.06 bits per heavy atom. The highest BCUT2D eigenvalue weighted by Gasteiger charge is 2.71.